The molecule has 1 aromatic heterocycles. The third kappa shape index (κ3) is 2.62. The molecule has 2 rings (SSSR count). The Morgan fingerprint density at radius 1 is 1.45 bits per heavy atom. The molecule has 0 atom stereocenters. The molecule has 0 amide bonds. The monoisotopic (exact) mass is 296 g/mol. The van der Waals surface area contributed by atoms with Crippen LogP contribution >= 0.6 is 11.6 Å². The number of rotatable bonds is 4. The van der Waals surface area contributed by atoms with Crippen LogP contribution in [-0.2, 0) is 4.74 Å². The fourth-order valence-electron chi connectivity index (χ4n) is 1.58. The van der Waals surface area contributed by atoms with Gasteiger partial charge in [0, 0.05) is 10.6 Å². The molecule has 0 aliphatic heterocycles. The van der Waals surface area contributed by atoms with Crippen LogP contribution in [0.5, 0.6) is 0 Å². The molecule has 0 N–H and O–H groups in total. The summed E-state index contributed by atoms with van der Waals surface area (Å²) in [5.41, 5.74) is -0.152. The summed E-state index contributed by atoms with van der Waals surface area (Å²) >= 11 is 5.75. The molecule has 0 radical (unpaired) electrons. The zero-order valence-corrected chi connectivity index (χ0v) is 11.1. The van der Waals surface area contributed by atoms with E-state index < -0.39 is 22.3 Å². The third-order valence-corrected chi connectivity index (χ3v) is 2.68. The first-order valence-electron chi connectivity index (χ1n) is 5.61. The minimum absolute atomic E-state index is 0.0466. The summed E-state index contributed by atoms with van der Waals surface area (Å²) in [6.45, 7) is 1.66. The minimum atomic E-state index is -0.924. The van der Waals surface area contributed by atoms with Crippen molar-refractivity contribution in [3.8, 4) is 11.3 Å². The second-order valence-electron chi connectivity index (χ2n) is 3.69. The molecule has 0 fully saturated rings. The molecule has 1 aromatic carbocycles. The maximum atomic E-state index is 11.6. The molecule has 0 spiro atoms. The molecule has 7 nitrogen and oxygen atoms in total. The van der Waals surface area contributed by atoms with E-state index in [4.69, 9.17) is 16.1 Å². The highest BCUT2D eigenvalue weighted by atomic mass is 35.5. The largest absolute Gasteiger partial charge is 0.460 e. The van der Waals surface area contributed by atoms with Gasteiger partial charge < -0.3 is 9.26 Å². The van der Waals surface area contributed by atoms with E-state index in [1.807, 2.05) is 0 Å². The predicted octanol–water partition coefficient (Wildman–Crippen LogP) is 3.08. The molecule has 0 aliphatic rings. The minimum Gasteiger partial charge on any atom is -0.460 e. The van der Waals surface area contributed by atoms with Crippen molar-refractivity contribution < 1.29 is 19.0 Å². The van der Waals surface area contributed by atoms with E-state index >= 15 is 0 Å². The van der Waals surface area contributed by atoms with Crippen LogP contribution in [-0.4, -0.2) is 22.7 Å². The number of aromatic nitrogens is 1. The van der Waals surface area contributed by atoms with Crippen molar-refractivity contribution >= 4 is 23.3 Å². The second kappa shape index (κ2) is 5.70. The molecule has 8 heteroatoms. The lowest BCUT2D eigenvalue weighted by atomic mass is 10.1. The standard InChI is InChI=1S/C12H9ClN2O5/c1-2-19-12(16)11-10(15(17)18)9(14-20-11)7-3-5-8(13)6-4-7/h3-6H,2H2,1H3. The summed E-state index contributed by atoms with van der Waals surface area (Å²) in [6, 6.07) is 6.20. The summed E-state index contributed by atoms with van der Waals surface area (Å²) in [7, 11) is 0. The predicted molar refractivity (Wildman–Crippen MR) is 69.6 cm³/mol. The van der Waals surface area contributed by atoms with Crippen LogP contribution in [0.2, 0.25) is 5.02 Å². The quantitative estimate of drug-likeness (QED) is 0.489. The van der Waals surface area contributed by atoms with Gasteiger partial charge in [0.25, 0.3) is 0 Å². The zero-order chi connectivity index (χ0) is 14.7. The smallest absolute Gasteiger partial charge is 0.384 e. The molecule has 0 saturated heterocycles. The Bertz CT molecular complexity index is 650. The molecule has 0 bridgehead atoms. The number of carbonyl (C=O) groups excluding carboxylic acids is 1. The summed E-state index contributed by atoms with van der Waals surface area (Å²) in [5, 5.41) is 15.2. The van der Waals surface area contributed by atoms with E-state index in [1.54, 1.807) is 31.2 Å². The van der Waals surface area contributed by atoms with Gasteiger partial charge in [-0.25, -0.2) is 4.79 Å². The fourth-order valence-corrected chi connectivity index (χ4v) is 1.71. The molecular weight excluding hydrogens is 288 g/mol. The summed E-state index contributed by atoms with van der Waals surface area (Å²) in [4.78, 5) is 22.0. The molecule has 0 unspecified atom stereocenters. The van der Waals surface area contributed by atoms with Crippen molar-refractivity contribution in [3.63, 3.8) is 0 Å². The Hall–Kier alpha value is -2.41. The number of hydrogen-bond acceptors (Lipinski definition) is 6. The molecule has 20 heavy (non-hydrogen) atoms. The molecule has 0 aliphatic carbocycles. The first-order valence-corrected chi connectivity index (χ1v) is 5.99. The highest BCUT2D eigenvalue weighted by Crippen LogP contribution is 2.33. The van der Waals surface area contributed by atoms with Crippen molar-refractivity contribution in [1.82, 2.24) is 5.16 Å². The Labute approximate surface area is 118 Å². The van der Waals surface area contributed by atoms with E-state index in [9.17, 15) is 14.9 Å². The SMILES string of the molecule is CCOC(=O)c1onc(-c2ccc(Cl)cc2)c1[N+](=O)[O-]. The Morgan fingerprint density at radius 3 is 2.65 bits per heavy atom. The van der Waals surface area contributed by atoms with Crippen LogP contribution in [0.25, 0.3) is 11.3 Å². The maximum absolute atomic E-state index is 11.6. The summed E-state index contributed by atoms with van der Waals surface area (Å²) < 4.78 is 9.45. The van der Waals surface area contributed by atoms with Gasteiger partial charge in [-0.05, 0) is 19.1 Å². The molecule has 1 heterocycles. The lowest BCUT2D eigenvalue weighted by molar-refractivity contribution is -0.384. The van der Waals surface area contributed by atoms with Gasteiger partial charge in [0.15, 0.2) is 5.69 Å². The zero-order valence-electron chi connectivity index (χ0n) is 10.3. The van der Waals surface area contributed by atoms with Gasteiger partial charge in [-0.1, -0.05) is 28.9 Å². The van der Waals surface area contributed by atoms with E-state index in [0.717, 1.165) is 0 Å². The average Bonchev–Trinajstić information content (AvgIpc) is 2.84. The van der Waals surface area contributed by atoms with Crippen LogP contribution in [0.4, 0.5) is 5.69 Å². The van der Waals surface area contributed by atoms with Gasteiger partial charge in [0.05, 0.1) is 11.5 Å². The van der Waals surface area contributed by atoms with Crippen molar-refractivity contribution in [2.24, 2.45) is 0 Å². The highest BCUT2D eigenvalue weighted by Gasteiger charge is 2.33. The summed E-state index contributed by atoms with van der Waals surface area (Å²) in [5.74, 6) is -1.45. The number of nitrogens with zero attached hydrogens (tertiary/aromatic N) is 2. The third-order valence-electron chi connectivity index (χ3n) is 2.43. The van der Waals surface area contributed by atoms with Crippen molar-refractivity contribution in [2.45, 2.75) is 6.92 Å². The van der Waals surface area contributed by atoms with E-state index in [2.05, 4.69) is 9.89 Å². The number of ether oxygens (including phenoxy) is 1. The van der Waals surface area contributed by atoms with Crippen molar-refractivity contribution in [2.75, 3.05) is 6.61 Å². The Balaban J connectivity index is 2.52. The van der Waals surface area contributed by atoms with E-state index in [0.29, 0.717) is 10.6 Å². The van der Waals surface area contributed by atoms with Gasteiger partial charge in [-0.15, -0.1) is 0 Å². The molecule has 104 valence electrons. The number of nitro groups is 1. The Kier molecular flexibility index (Phi) is 3.99. The van der Waals surface area contributed by atoms with Gasteiger partial charge in [0.1, 0.15) is 0 Å². The van der Waals surface area contributed by atoms with Crippen LogP contribution in [0.3, 0.4) is 0 Å². The highest BCUT2D eigenvalue weighted by molar-refractivity contribution is 6.30. The van der Waals surface area contributed by atoms with Gasteiger partial charge >= 0.3 is 17.4 Å². The first-order chi connectivity index (χ1) is 9.54. The van der Waals surface area contributed by atoms with E-state index in [-0.39, 0.29) is 12.3 Å². The number of carbonyl (C=O) groups is 1. The van der Waals surface area contributed by atoms with Gasteiger partial charge in [-0.2, -0.15) is 0 Å². The van der Waals surface area contributed by atoms with Crippen molar-refractivity contribution in [3.05, 3.63) is 45.2 Å². The summed E-state index contributed by atoms with van der Waals surface area (Å²) in [6.07, 6.45) is 0. The lowest BCUT2D eigenvalue weighted by Crippen LogP contribution is -2.06. The van der Waals surface area contributed by atoms with Crippen LogP contribution in [0.15, 0.2) is 28.8 Å². The van der Waals surface area contributed by atoms with Gasteiger partial charge in [-0.3, -0.25) is 10.1 Å². The van der Waals surface area contributed by atoms with Crippen LogP contribution in [0.1, 0.15) is 17.5 Å². The normalized spacial score (nSPS) is 10.3. The number of hydrogen-bond donors (Lipinski definition) is 0. The van der Waals surface area contributed by atoms with Crippen LogP contribution < -0.4 is 0 Å². The molecular formula is C12H9ClN2O5. The average molecular weight is 297 g/mol. The van der Waals surface area contributed by atoms with E-state index in [1.165, 1.54) is 0 Å². The van der Waals surface area contributed by atoms with Gasteiger partial charge in [0.2, 0.25) is 0 Å². The maximum Gasteiger partial charge on any atom is 0.384 e. The lowest BCUT2D eigenvalue weighted by Gasteiger charge is -1.97. The van der Waals surface area contributed by atoms with Crippen molar-refractivity contribution in [1.29, 1.82) is 0 Å². The first kappa shape index (κ1) is 14.0. The second-order valence-corrected chi connectivity index (χ2v) is 4.13. The molecule has 0 saturated carbocycles. The fraction of sp³-hybridized carbons (Fsp3) is 0.167. The number of esters is 1. The number of benzene rings is 1. The topological polar surface area (TPSA) is 95.5 Å². The Morgan fingerprint density at radius 2 is 2.10 bits per heavy atom. The number of halogens is 1. The molecule has 2 aromatic rings. The van der Waals surface area contributed by atoms with Crippen LogP contribution in [0, 0.1) is 10.1 Å².